The maximum atomic E-state index is 11.9. The topological polar surface area (TPSA) is 89.2 Å². The minimum atomic E-state index is -1.15. The lowest BCUT2D eigenvalue weighted by Gasteiger charge is -2.35. The van der Waals surface area contributed by atoms with Crippen molar-refractivity contribution in [2.75, 3.05) is 19.9 Å². The zero-order chi connectivity index (χ0) is 24.2. The Bertz CT molecular complexity index is 831. The summed E-state index contributed by atoms with van der Waals surface area (Å²) in [4.78, 5) is 11.9. The fourth-order valence-corrected chi connectivity index (χ4v) is 5.97. The maximum Gasteiger partial charge on any atom is 0.352 e. The number of hydrazone groups is 1. The highest BCUT2D eigenvalue weighted by Gasteiger charge is 2.44. The van der Waals surface area contributed by atoms with E-state index >= 15 is 0 Å². The molecule has 0 radical (unpaired) electrons. The first kappa shape index (κ1) is 26.1. The van der Waals surface area contributed by atoms with Crippen LogP contribution in [0.2, 0.25) is 51.4 Å². The van der Waals surface area contributed by atoms with E-state index in [0.29, 0.717) is 26.0 Å². The summed E-state index contributed by atoms with van der Waals surface area (Å²) in [6.07, 6.45) is 6.66. The van der Waals surface area contributed by atoms with Crippen molar-refractivity contribution in [3.63, 3.8) is 0 Å². The van der Waals surface area contributed by atoms with Gasteiger partial charge in [-0.1, -0.05) is 39.3 Å². The number of aliphatic carboxylic acids is 1. The smallest absolute Gasteiger partial charge is 0.352 e. The summed E-state index contributed by atoms with van der Waals surface area (Å²) in [7, 11) is -2.25. The van der Waals surface area contributed by atoms with Gasteiger partial charge in [-0.25, -0.2) is 9.48 Å². The maximum absolute atomic E-state index is 11.9. The molecule has 0 aromatic carbocycles. The van der Waals surface area contributed by atoms with Gasteiger partial charge in [0.25, 0.3) is 0 Å². The van der Waals surface area contributed by atoms with Crippen LogP contribution in [0.3, 0.4) is 0 Å². The average Bonchev–Trinajstić information content (AvgIpc) is 3.32. The van der Waals surface area contributed by atoms with E-state index in [1.54, 1.807) is 0 Å². The first-order valence-electron chi connectivity index (χ1n) is 12.2. The Labute approximate surface area is 200 Å². The Morgan fingerprint density at radius 3 is 2.30 bits per heavy atom. The molecule has 1 saturated carbocycles. The molecule has 10 heteroatoms. The van der Waals surface area contributed by atoms with Crippen LogP contribution < -0.4 is 0 Å². The van der Waals surface area contributed by atoms with Crippen LogP contribution in [0.25, 0.3) is 0 Å². The van der Waals surface area contributed by atoms with Gasteiger partial charge in [-0.3, -0.25) is 5.01 Å². The van der Waals surface area contributed by atoms with Crippen LogP contribution in [0.5, 0.6) is 0 Å². The van der Waals surface area contributed by atoms with Crippen LogP contribution in [-0.2, 0) is 21.0 Å². The SMILES string of the molecule is C[Si](C)(C)CCOCN1N=C(C(=O)O)C2CC(c3cnn(COCC[Si](C)(C)C)c3)CCC21. The molecule has 0 spiro atoms. The first-order valence-corrected chi connectivity index (χ1v) is 19.6. The molecule has 8 nitrogen and oxygen atoms in total. The number of carbonyl (C=O) groups is 1. The normalized spacial score (nSPS) is 23.5. The van der Waals surface area contributed by atoms with E-state index in [9.17, 15) is 9.90 Å². The molecule has 186 valence electrons. The molecular formula is C23H42N4O4Si2. The molecule has 1 fully saturated rings. The van der Waals surface area contributed by atoms with Crippen LogP contribution in [-0.4, -0.2) is 73.7 Å². The third-order valence-electron chi connectivity index (χ3n) is 6.57. The van der Waals surface area contributed by atoms with Gasteiger partial charge >= 0.3 is 5.97 Å². The summed E-state index contributed by atoms with van der Waals surface area (Å²) in [6, 6.07) is 2.35. The Morgan fingerprint density at radius 1 is 1.06 bits per heavy atom. The summed E-state index contributed by atoms with van der Waals surface area (Å²) in [5.74, 6) is -0.695. The van der Waals surface area contributed by atoms with Gasteiger partial charge in [0, 0.05) is 41.5 Å². The number of nitrogens with zero attached hydrogens (tertiary/aromatic N) is 4. The van der Waals surface area contributed by atoms with Gasteiger partial charge in [0.15, 0.2) is 5.71 Å². The van der Waals surface area contributed by atoms with Crippen molar-refractivity contribution in [3.05, 3.63) is 18.0 Å². The molecule has 3 rings (SSSR count). The number of hydrogen-bond acceptors (Lipinski definition) is 6. The minimum Gasteiger partial charge on any atom is -0.477 e. The highest BCUT2D eigenvalue weighted by Crippen LogP contribution is 2.42. The largest absolute Gasteiger partial charge is 0.477 e. The molecule has 1 N–H and O–H groups in total. The first-order chi connectivity index (χ1) is 15.4. The number of carboxylic acid groups (broad SMARTS) is 1. The lowest BCUT2D eigenvalue weighted by molar-refractivity contribution is -0.129. The summed E-state index contributed by atoms with van der Waals surface area (Å²) in [5.41, 5.74) is 1.44. The van der Waals surface area contributed by atoms with E-state index in [-0.39, 0.29) is 17.7 Å². The van der Waals surface area contributed by atoms with E-state index < -0.39 is 22.1 Å². The third kappa shape index (κ3) is 7.76. The number of carboxylic acids is 1. The second kappa shape index (κ2) is 10.8. The summed E-state index contributed by atoms with van der Waals surface area (Å²) in [5, 5.41) is 20.6. The molecule has 3 atom stereocenters. The Kier molecular flexibility index (Phi) is 8.57. The molecule has 3 unspecified atom stereocenters. The number of hydrogen-bond donors (Lipinski definition) is 1. The van der Waals surface area contributed by atoms with Gasteiger partial charge in [-0.2, -0.15) is 10.2 Å². The molecule has 1 aromatic rings. The molecular weight excluding hydrogens is 452 g/mol. The van der Waals surface area contributed by atoms with Crippen molar-refractivity contribution in [1.82, 2.24) is 14.8 Å². The van der Waals surface area contributed by atoms with Crippen LogP contribution in [0.4, 0.5) is 0 Å². The zero-order valence-corrected chi connectivity index (χ0v) is 23.2. The van der Waals surface area contributed by atoms with Crippen molar-refractivity contribution in [2.24, 2.45) is 11.0 Å². The van der Waals surface area contributed by atoms with Gasteiger partial charge in [0.1, 0.15) is 13.5 Å². The molecule has 1 aliphatic heterocycles. The summed E-state index contributed by atoms with van der Waals surface area (Å²) < 4.78 is 13.6. The van der Waals surface area contributed by atoms with E-state index in [0.717, 1.165) is 43.5 Å². The monoisotopic (exact) mass is 494 g/mol. The lowest BCUT2D eigenvalue weighted by atomic mass is 9.74. The van der Waals surface area contributed by atoms with Crippen molar-refractivity contribution in [2.45, 2.75) is 89.3 Å². The second-order valence-electron chi connectivity index (χ2n) is 11.9. The van der Waals surface area contributed by atoms with Crippen molar-refractivity contribution < 1.29 is 19.4 Å². The predicted octanol–water partition coefficient (Wildman–Crippen LogP) is 4.52. The van der Waals surface area contributed by atoms with Crippen LogP contribution in [0.15, 0.2) is 17.5 Å². The Balaban J connectivity index is 1.54. The Hall–Kier alpha value is -1.50. The number of rotatable bonds is 12. The number of ether oxygens (including phenoxy) is 2. The van der Waals surface area contributed by atoms with E-state index in [1.807, 2.05) is 15.9 Å². The van der Waals surface area contributed by atoms with Crippen molar-refractivity contribution in [1.29, 1.82) is 0 Å². The molecule has 0 saturated heterocycles. The average molecular weight is 495 g/mol. The number of fused-ring (bicyclic) bond motifs is 1. The van der Waals surface area contributed by atoms with Gasteiger partial charge in [0.05, 0.1) is 12.2 Å². The third-order valence-corrected chi connectivity index (χ3v) is 9.98. The van der Waals surface area contributed by atoms with Gasteiger partial charge in [-0.05, 0) is 42.8 Å². The fraction of sp³-hybridized carbons (Fsp3) is 0.783. The van der Waals surface area contributed by atoms with E-state index in [2.05, 4.69) is 55.7 Å². The van der Waals surface area contributed by atoms with Gasteiger partial charge < -0.3 is 14.6 Å². The summed E-state index contributed by atoms with van der Waals surface area (Å²) >= 11 is 0. The molecule has 0 bridgehead atoms. The van der Waals surface area contributed by atoms with E-state index in [4.69, 9.17) is 9.47 Å². The van der Waals surface area contributed by atoms with Crippen molar-refractivity contribution >= 4 is 27.8 Å². The molecule has 2 aliphatic rings. The molecule has 1 aliphatic carbocycles. The molecule has 1 aromatic heterocycles. The van der Waals surface area contributed by atoms with Crippen LogP contribution in [0, 0.1) is 5.92 Å². The summed E-state index contributed by atoms with van der Waals surface area (Å²) in [6.45, 7) is 16.3. The lowest BCUT2D eigenvalue weighted by Crippen LogP contribution is -2.40. The Morgan fingerprint density at radius 2 is 1.70 bits per heavy atom. The quantitative estimate of drug-likeness (QED) is 0.339. The van der Waals surface area contributed by atoms with Crippen LogP contribution in [0.1, 0.15) is 30.7 Å². The van der Waals surface area contributed by atoms with E-state index in [1.165, 1.54) is 0 Å². The molecule has 0 amide bonds. The predicted molar refractivity (Wildman–Crippen MR) is 136 cm³/mol. The van der Waals surface area contributed by atoms with Gasteiger partial charge in [0.2, 0.25) is 0 Å². The second-order valence-corrected chi connectivity index (χ2v) is 23.2. The van der Waals surface area contributed by atoms with Crippen LogP contribution >= 0.6 is 0 Å². The highest BCUT2D eigenvalue weighted by molar-refractivity contribution is 6.76. The van der Waals surface area contributed by atoms with Gasteiger partial charge in [-0.15, -0.1) is 0 Å². The standard InChI is InChI=1S/C23H42N4O4Si2/c1-32(2,3)11-9-30-16-26-15-19(14-24-26)18-7-8-21-20(13-18)22(23(28)29)25-27(21)17-31-10-12-33(4,5)6/h14-15,18,20-21H,7-13,16-17H2,1-6H3,(H,28,29). The van der Waals surface area contributed by atoms with Crippen molar-refractivity contribution in [3.8, 4) is 0 Å². The zero-order valence-electron chi connectivity index (χ0n) is 21.2. The minimum absolute atomic E-state index is 0.0711. The number of aromatic nitrogens is 2. The molecule has 33 heavy (non-hydrogen) atoms. The molecule has 2 heterocycles. The highest BCUT2D eigenvalue weighted by atomic mass is 28.3. The fourth-order valence-electron chi connectivity index (χ4n) is 4.45.